The van der Waals surface area contributed by atoms with Crippen LogP contribution in [-0.2, 0) is 0 Å². The van der Waals surface area contributed by atoms with E-state index in [-0.39, 0.29) is 6.04 Å². The van der Waals surface area contributed by atoms with Gasteiger partial charge in [0.25, 0.3) is 0 Å². The van der Waals surface area contributed by atoms with E-state index in [1.165, 1.54) is 31.2 Å². The third-order valence-corrected chi connectivity index (χ3v) is 5.20. The maximum Gasteiger partial charge on any atom is 0.119 e. The molecule has 20 heavy (non-hydrogen) atoms. The summed E-state index contributed by atoms with van der Waals surface area (Å²) in [5, 5.41) is 0. The second-order valence-corrected chi connectivity index (χ2v) is 6.31. The molecule has 1 aromatic rings. The third kappa shape index (κ3) is 2.57. The van der Waals surface area contributed by atoms with Gasteiger partial charge in [0, 0.05) is 18.1 Å². The van der Waals surface area contributed by atoms with Crippen LogP contribution >= 0.6 is 0 Å². The number of hydrogen-bond donors (Lipinski definition) is 1. The van der Waals surface area contributed by atoms with Crippen molar-refractivity contribution < 1.29 is 4.74 Å². The Bertz CT molecular complexity index is 448. The molecule has 2 fully saturated rings. The molecule has 3 rings (SSSR count). The highest BCUT2D eigenvalue weighted by atomic mass is 16.5. The minimum Gasteiger partial charge on any atom is -0.494 e. The lowest BCUT2D eigenvalue weighted by Crippen LogP contribution is -2.42. The molecule has 3 nitrogen and oxygen atoms in total. The fraction of sp³-hybridized carbons (Fsp3) is 0.647. The van der Waals surface area contributed by atoms with Crippen molar-refractivity contribution in [1.82, 2.24) is 4.90 Å². The second kappa shape index (κ2) is 5.74. The summed E-state index contributed by atoms with van der Waals surface area (Å²) in [6.07, 6.45) is 5.19. The van der Waals surface area contributed by atoms with Crippen molar-refractivity contribution in [3.05, 3.63) is 29.8 Å². The number of benzene rings is 1. The smallest absolute Gasteiger partial charge is 0.119 e. The average Bonchev–Trinajstić information content (AvgIpc) is 2.68. The van der Waals surface area contributed by atoms with E-state index < -0.39 is 0 Å². The minimum absolute atomic E-state index is 0.146. The number of nitrogens with two attached hydrogens (primary N) is 1. The summed E-state index contributed by atoms with van der Waals surface area (Å²) < 4.78 is 5.59. The van der Waals surface area contributed by atoms with E-state index in [0.29, 0.717) is 12.5 Å². The van der Waals surface area contributed by atoms with Gasteiger partial charge in [0.15, 0.2) is 0 Å². The first-order valence-electron chi connectivity index (χ1n) is 7.89. The molecule has 0 spiro atoms. The zero-order valence-corrected chi connectivity index (χ0v) is 12.6. The highest BCUT2D eigenvalue weighted by Gasteiger charge is 2.40. The summed E-state index contributed by atoms with van der Waals surface area (Å²) in [6, 6.07) is 9.98. The Labute approximate surface area is 122 Å². The molecular weight excluding hydrogens is 248 g/mol. The lowest BCUT2D eigenvalue weighted by Gasteiger charge is -2.39. The first-order valence-corrected chi connectivity index (χ1v) is 7.89. The Balaban J connectivity index is 1.72. The fourth-order valence-corrected chi connectivity index (χ4v) is 4.00. The van der Waals surface area contributed by atoms with Gasteiger partial charge in [-0.3, -0.25) is 0 Å². The van der Waals surface area contributed by atoms with Crippen molar-refractivity contribution in [2.45, 2.75) is 50.7 Å². The van der Waals surface area contributed by atoms with Crippen molar-refractivity contribution >= 4 is 0 Å². The molecule has 2 bridgehead atoms. The maximum atomic E-state index is 6.56. The van der Waals surface area contributed by atoms with E-state index in [1.54, 1.807) is 0 Å². The zero-order chi connectivity index (χ0) is 14.1. The minimum atomic E-state index is 0.146. The molecule has 0 radical (unpaired) electrons. The van der Waals surface area contributed by atoms with E-state index in [2.05, 4.69) is 30.1 Å². The molecule has 2 saturated heterocycles. The van der Waals surface area contributed by atoms with Gasteiger partial charge in [0.2, 0.25) is 0 Å². The van der Waals surface area contributed by atoms with Crippen LogP contribution in [0, 0.1) is 5.92 Å². The van der Waals surface area contributed by atoms with E-state index >= 15 is 0 Å². The molecule has 1 aromatic carbocycles. The number of piperidine rings is 1. The van der Waals surface area contributed by atoms with E-state index in [0.717, 1.165) is 17.8 Å². The van der Waals surface area contributed by atoms with Crippen molar-refractivity contribution in [3.63, 3.8) is 0 Å². The first kappa shape index (κ1) is 13.9. The van der Waals surface area contributed by atoms with Gasteiger partial charge >= 0.3 is 0 Å². The van der Waals surface area contributed by atoms with Gasteiger partial charge in [0.1, 0.15) is 5.75 Å². The molecule has 2 aliphatic heterocycles. The van der Waals surface area contributed by atoms with Gasteiger partial charge in [-0.2, -0.15) is 0 Å². The van der Waals surface area contributed by atoms with Crippen molar-refractivity contribution in [2.75, 3.05) is 13.7 Å². The van der Waals surface area contributed by atoms with E-state index in [1.807, 2.05) is 13.0 Å². The number of nitrogens with zero attached hydrogens (tertiary/aromatic N) is 1. The average molecular weight is 274 g/mol. The number of rotatable bonds is 4. The third-order valence-electron chi connectivity index (χ3n) is 5.20. The van der Waals surface area contributed by atoms with Gasteiger partial charge in [-0.15, -0.1) is 0 Å². The standard InChI is InChI=1S/C17H26N2O/c1-3-20-16-6-4-5-12(11-16)17(18)13-9-14-7-8-15(10-13)19(14)2/h4-6,11,13-15,17H,3,7-10,18H2,1-2H3. The number of hydrogen-bond acceptors (Lipinski definition) is 3. The Morgan fingerprint density at radius 2 is 2.00 bits per heavy atom. The Morgan fingerprint density at radius 1 is 1.30 bits per heavy atom. The van der Waals surface area contributed by atoms with E-state index in [4.69, 9.17) is 10.5 Å². The predicted octanol–water partition coefficient (Wildman–Crippen LogP) is 2.96. The van der Waals surface area contributed by atoms with Crippen molar-refractivity contribution in [1.29, 1.82) is 0 Å². The van der Waals surface area contributed by atoms with Crippen LogP contribution in [0.25, 0.3) is 0 Å². The van der Waals surface area contributed by atoms with Crippen LogP contribution < -0.4 is 10.5 Å². The highest BCUT2D eigenvalue weighted by molar-refractivity contribution is 5.31. The SMILES string of the molecule is CCOc1cccc(C(N)C2CC3CCC(C2)N3C)c1. The topological polar surface area (TPSA) is 38.5 Å². The van der Waals surface area contributed by atoms with E-state index in [9.17, 15) is 0 Å². The Hall–Kier alpha value is -1.06. The van der Waals surface area contributed by atoms with Crippen LogP contribution in [0.15, 0.2) is 24.3 Å². The molecular formula is C17H26N2O. The van der Waals surface area contributed by atoms with Crippen molar-refractivity contribution in [3.8, 4) is 5.75 Å². The molecule has 3 unspecified atom stereocenters. The fourth-order valence-electron chi connectivity index (χ4n) is 4.00. The predicted molar refractivity (Wildman–Crippen MR) is 81.8 cm³/mol. The van der Waals surface area contributed by atoms with Crippen LogP contribution in [0.2, 0.25) is 0 Å². The highest BCUT2D eigenvalue weighted by Crippen LogP contribution is 2.41. The summed E-state index contributed by atoms with van der Waals surface area (Å²) in [6.45, 7) is 2.72. The lowest BCUT2D eigenvalue weighted by atomic mass is 9.82. The lowest BCUT2D eigenvalue weighted by molar-refractivity contribution is 0.121. The maximum absolute atomic E-state index is 6.56. The van der Waals surface area contributed by atoms with Crippen LogP contribution in [0.5, 0.6) is 5.75 Å². The molecule has 3 heteroatoms. The molecule has 2 aliphatic rings. The molecule has 2 N–H and O–H groups in total. The summed E-state index contributed by atoms with van der Waals surface area (Å²) >= 11 is 0. The summed E-state index contributed by atoms with van der Waals surface area (Å²) in [5.41, 5.74) is 7.79. The van der Waals surface area contributed by atoms with Crippen LogP contribution in [0.3, 0.4) is 0 Å². The largest absolute Gasteiger partial charge is 0.494 e. The second-order valence-electron chi connectivity index (χ2n) is 6.31. The Kier molecular flexibility index (Phi) is 3.99. The summed E-state index contributed by atoms with van der Waals surface area (Å²) in [7, 11) is 2.28. The quantitative estimate of drug-likeness (QED) is 0.917. The van der Waals surface area contributed by atoms with Gasteiger partial charge in [-0.05, 0) is 63.3 Å². The van der Waals surface area contributed by atoms with Gasteiger partial charge in [-0.25, -0.2) is 0 Å². The summed E-state index contributed by atoms with van der Waals surface area (Å²) in [4.78, 5) is 2.57. The van der Waals surface area contributed by atoms with Crippen LogP contribution in [0.1, 0.15) is 44.2 Å². The molecule has 110 valence electrons. The van der Waals surface area contributed by atoms with Crippen molar-refractivity contribution in [2.24, 2.45) is 11.7 Å². The monoisotopic (exact) mass is 274 g/mol. The molecule has 0 aromatic heterocycles. The van der Waals surface area contributed by atoms with Crippen LogP contribution in [-0.4, -0.2) is 30.6 Å². The molecule has 3 atom stereocenters. The normalized spacial score (nSPS) is 31.2. The molecule has 0 aliphatic carbocycles. The number of fused-ring (bicyclic) bond motifs is 2. The molecule has 2 heterocycles. The molecule has 0 amide bonds. The molecule has 0 saturated carbocycles. The van der Waals surface area contributed by atoms with Gasteiger partial charge < -0.3 is 15.4 Å². The van der Waals surface area contributed by atoms with Gasteiger partial charge in [0.05, 0.1) is 6.61 Å². The Morgan fingerprint density at radius 3 is 2.65 bits per heavy atom. The zero-order valence-electron chi connectivity index (χ0n) is 12.6. The summed E-state index contributed by atoms with van der Waals surface area (Å²) in [5.74, 6) is 1.55. The number of ether oxygens (including phenoxy) is 1. The first-order chi connectivity index (χ1) is 9.69. The van der Waals surface area contributed by atoms with Gasteiger partial charge in [-0.1, -0.05) is 12.1 Å². The van der Waals surface area contributed by atoms with Crippen LogP contribution in [0.4, 0.5) is 0 Å².